The topological polar surface area (TPSA) is 52.3 Å². The van der Waals surface area contributed by atoms with Crippen molar-refractivity contribution >= 4 is 24.3 Å². The highest BCUT2D eigenvalue weighted by atomic mass is 32.1. The fourth-order valence-electron chi connectivity index (χ4n) is 1.11. The number of carbonyl (C=O) groups is 1. The number of anilines is 1. The van der Waals surface area contributed by atoms with E-state index in [1.54, 1.807) is 18.2 Å². The van der Waals surface area contributed by atoms with E-state index in [1.165, 1.54) is 0 Å². The van der Waals surface area contributed by atoms with Crippen LogP contribution in [0.3, 0.4) is 0 Å². The molecule has 0 saturated carbocycles. The van der Waals surface area contributed by atoms with Crippen molar-refractivity contribution in [3.8, 4) is 0 Å². The molecule has 3 nitrogen and oxygen atoms in total. The van der Waals surface area contributed by atoms with E-state index in [0.717, 1.165) is 0 Å². The molecule has 1 aromatic carbocycles. The lowest BCUT2D eigenvalue weighted by Gasteiger charge is -2.20. The summed E-state index contributed by atoms with van der Waals surface area (Å²) in [7, 11) is 0. The van der Waals surface area contributed by atoms with Gasteiger partial charge in [-0.25, -0.2) is 4.79 Å². The Bertz CT molecular complexity index is 362. The van der Waals surface area contributed by atoms with Gasteiger partial charge in [-0.1, -0.05) is 6.07 Å². The average molecular weight is 225 g/mol. The van der Waals surface area contributed by atoms with Gasteiger partial charge < -0.3 is 10.5 Å². The Morgan fingerprint density at radius 2 is 2.00 bits per heavy atom. The molecule has 1 aromatic rings. The van der Waals surface area contributed by atoms with E-state index in [9.17, 15) is 4.79 Å². The standard InChI is InChI=1S/C11H15NO2S/c1-11(2,3)14-10(13)9-7(12)5-4-6-8(9)15/h4-6,15H,12H2,1-3H3. The Hall–Kier alpha value is -1.16. The molecule has 0 aliphatic carbocycles. The Kier molecular flexibility index (Phi) is 3.29. The van der Waals surface area contributed by atoms with Crippen molar-refractivity contribution < 1.29 is 9.53 Å². The molecule has 0 aliphatic rings. The molecule has 1 rings (SSSR count). The first kappa shape index (κ1) is 11.9. The van der Waals surface area contributed by atoms with Crippen molar-refractivity contribution in [1.29, 1.82) is 0 Å². The Labute approximate surface area is 95.0 Å². The van der Waals surface area contributed by atoms with Gasteiger partial charge in [0.15, 0.2) is 0 Å². The van der Waals surface area contributed by atoms with Crippen LogP contribution in [0.4, 0.5) is 5.69 Å². The number of hydrogen-bond acceptors (Lipinski definition) is 4. The van der Waals surface area contributed by atoms with Gasteiger partial charge in [-0.3, -0.25) is 0 Å². The van der Waals surface area contributed by atoms with Crippen LogP contribution in [0.2, 0.25) is 0 Å². The number of rotatable bonds is 1. The molecular formula is C11H15NO2S. The number of benzene rings is 1. The molecule has 0 heterocycles. The summed E-state index contributed by atoms with van der Waals surface area (Å²) in [6.45, 7) is 5.42. The first-order chi connectivity index (χ1) is 6.81. The fraction of sp³-hybridized carbons (Fsp3) is 0.364. The van der Waals surface area contributed by atoms with E-state index in [2.05, 4.69) is 12.6 Å². The minimum Gasteiger partial charge on any atom is -0.456 e. The van der Waals surface area contributed by atoms with Crippen LogP contribution in [0, 0.1) is 0 Å². The molecule has 0 unspecified atom stereocenters. The van der Waals surface area contributed by atoms with Crippen LogP contribution in [0.1, 0.15) is 31.1 Å². The van der Waals surface area contributed by atoms with Gasteiger partial charge in [0.05, 0.1) is 5.56 Å². The zero-order chi connectivity index (χ0) is 11.6. The van der Waals surface area contributed by atoms with Gasteiger partial charge >= 0.3 is 5.97 Å². The van der Waals surface area contributed by atoms with Crippen LogP contribution in [-0.2, 0) is 4.74 Å². The molecule has 15 heavy (non-hydrogen) atoms. The molecule has 0 saturated heterocycles. The highest BCUT2D eigenvalue weighted by Gasteiger charge is 2.21. The smallest absolute Gasteiger partial charge is 0.341 e. The van der Waals surface area contributed by atoms with E-state index < -0.39 is 11.6 Å². The maximum atomic E-state index is 11.8. The molecule has 0 radical (unpaired) electrons. The average Bonchev–Trinajstić information content (AvgIpc) is 1.99. The first-order valence-electron chi connectivity index (χ1n) is 4.62. The van der Waals surface area contributed by atoms with Crippen LogP contribution in [-0.4, -0.2) is 11.6 Å². The lowest BCUT2D eigenvalue weighted by molar-refractivity contribution is 0.00670. The molecule has 82 valence electrons. The van der Waals surface area contributed by atoms with E-state index in [1.807, 2.05) is 20.8 Å². The number of hydrogen-bond donors (Lipinski definition) is 2. The number of nitrogens with two attached hydrogens (primary N) is 1. The second-order valence-electron chi connectivity index (χ2n) is 4.24. The third-order valence-corrected chi connectivity index (χ3v) is 2.05. The first-order valence-corrected chi connectivity index (χ1v) is 5.07. The quantitative estimate of drug-likeness (QED) is 0.438. The molecule has 0 aromatic heterocycles. The van der Waals surface area contributed by atoms with Gasteiger partial charge in [-0.2, -0.15) is 0 Å². The molecule has 4 heteroatoms. The monoisotopic (exact) mass is 225 g/mol. The van der Waals surface area contributed by atoms with Gasteiger partial charge in [-0.05, 0) is 32.9 Å². The van der Waals surface area contributed by atoms with E-state index in [0.29, 0.717) is 16.1 Å². The molecule has 0 atom stereocenters. The highest BCUT2D eigenvalue weighted by molar-refractivity contribution is 7.80. The predicted octanol–water partition coefficient (Wildman–Crippen LogP) is 2.51. The van der Waals surface area contributed by atoms with Crippen LogP contribution in [0.5, 0.6) is 0 Å². The molecular weight excluding hydrogens is 210 g/mol. The third kappa shape index (κ3) is 3.16. The summed E-state index contributed by atoms with van der Waals surface area (Å²) in [5.74, 6) is -0.439. The maximum Gasteiger partial charge on any atom is 0.341 e. The van der Waals surface area contributed by atoms with Crippen molar-refractivity contribution in [1.82, 2.24) is 0 Å². The van der Waals surface area contributed by atoms with Crippen LogP contribution in [0.25, 0.3) is 0 Å². The number of carbonyl (C=O) groups excluding carboxylic acids is 1. The van der Waals surface area contributed by atoms with Crippen LogP contribution >= 0.6 is 12.6 Å². The summed E-state index contributed by atoms with van der Waals surface area (Å²) in [6, 6.07) is 5.10. The Balaban J connectivity index is 3.02. The van der Waals surface area contributed by atoms with E-state index in [-0.39, 0.29) is 0 Å². The SMILES string of the molecule is CC(C)(C)OC(=O)c1c(N)cccc1S. The number of ether oxygens (including phenoxy) is 1. The second kappa shape index (κ2) is 4.14. The van der Waals surface area contributed by atoms with Gasteiger partial charge in [0.2, 0.25) is 0 Å². The summed E-state index contributed by atoms with van der Waals surface area (Å²) in [5, 5.41) is 0. The summed E-state index contributed by atoms with van der Waals surface area (Å²) < 4.78 is 5.22. The van der Waals surface area contributed by atoms with Crippen molar-refractivity contribution in [3.05, 3.63) is 23.8 Å². The summed E-state index contributed by atoms with van der Waals surface area (Å²) in [6.07, 6.45) is 0. The Morgan fingerprint density at radius 3 is 2.47 bits per heavy atom. The molecule has 0 spiro atoms. The molecule has 2 N–H and O–H groups in total. The van der Waals surface area contributed by atoms with E-state index in [4.69, 9.17) is 10.5 Å². The van der Waals surface area contributed by atoms with Crippen LogP contribution in [0.15, 0.2) is 23.1 Å². The maximum absolute atomic E-state index is 11.8. The minimum atomic E-state index is -0.528. The summed E-state index contributed by atoms with van der Waals surface area (Å²) >= 11 is 4.18. The summed E-state index contributed by atoms with van der Waals surface area (Å²) in [4.78, 5) is 12.3. The zero-order valence-electron chi connectivity index (χ0n) is 9.07. The van der Waals surface area contributed by atoms with E-state index >= 15 is 0 Å². The zero-order valence-corrected chi connectivity index (χ0v) is 9.97. The van der Waals surface area contributed by atoms with Crippen molar-refractivity contribution in [3.63, 3.8) is 0 Å². The Morgan fingerprint density at radius 1 is 1.40 bits per heavy atom. The number of thiol groups is 1. The molecule has 0 amide bonds. The number of esters is 1. The minimum absolute atomic E-state index is 0.329. The van der Waals surface area contributed by atoms with Gasteiger partial charge in [-0.15, -0.1) is 12.6 Å². The highest BCUT2D eigenvalue weighted by Crippen LogP contribution is 2.23. The van der Waals surface area contributed by atoms with Crippen molar-refractivity contribution in [2.75, 3.05) is 5.73 Å². The van der Waals surface area contributed by atoms with Gasteiger partial charge in [0.25, 0.3) is 0 Å². The molecule has 0 bridgehead atoms. The summed E-state index contributed by atoms with van der Waals surface area (Å²) in [5.41, 5.74) is 5.88. The lowest BCUT2D eigenvalue weighted by atomic mass is 10.1. The molecule has 0 fully saturated rings. The number of nitrogen functional groups attached to an aromatic ring is 1. The largest absolute Gasteiger partial charge is 0.456 e. The van der Waals surface area contributed by atoms with Gasteiger partial charge in [0.1, 0.15) is 5.60 Å². The third-order valence-electron chi connectivity index (χ3n) is 1.68. The normalized spacial score (nSPS) is 11.2. The van der Waals surface area contributed by atoms with Crippen LogP contribution < -0.4 is 5.73 Å². The lowest BCUT2D eigenvalue weighted by Crippen LogP contribution is -2.24. The molecule has 0 aliphatic heterocycles. The van der Waals surface area contributed by atoms with Crippen molar-refractivity contribution in [2.45, 2.75) is 31.3 Å². The fourth-order valence-corrected chi connectivity index (χ4v) is 1.42. The second-order valence-corrected chi connectivity index (χ2v) is 4.73. The predicted molar refractivity (Wildman–Crippen MR) is 63.3 cm³/mol. The van der Waals surface area contributed by atoms with Gasteiger partial charge in [0, 0.05) is 10.6 Å². The van der Waals surface area contributed by atoms with Crippen molar-refractivity contribution in [2.24, 2.45) is 0 Å².